The molecule has 25 heavy (non-hydrogen) atoms. The summed E-state index contributed by atoms with van der Waals surface area (Å²) in [4.78, 5) is 38.3. The topological polar surface area (TPSA) is 69.7 Å². The van der Waals surface area contributed by atoms with Crippen molar-refractivity contribution in [2.75, 3.05) is 23.9 Å². The Labute approximate surface area is 149 Å². The van der Waals surface area contributed by atoms with Gasteiger partial charge in [-0.25, -0.2) is 0 Å². The fraction of sp³-hybridized carbons (Fsp3) is 0.526. The maximum atomic E-state index is 12.2. The van der Waals surface area contributed by atoms with Gasteiger partial charge in [0.15, 0.2) is 0 Å². The van der Waals surface area contributed by atoms with Gasteiger partial charge in [-0.3, -0.25) is 19.7 Å². The van der Waals surface area contributed by atoms with E-state index in [4.69, 9.17) is 0 Å². The van der Waals surface area contributed by atoms with Crippen LogP contribution in [0.1, 0.15) is 51.0 Å². The molecule has 1 aromatic carbocycles. The summed E-state index contributed by atoms with van der Waals surface area (Å²) in [5, 5.41) is 2.39. The molecule has 0 bridgehead atoms. The second-order valence-electron chi connectivity index (χ2n) is 6.56. The summed E-state index contributed by atoms with van der Waals surface area (Å²) in [6.07, 6.45) is 3.63. The minimum Gasteiger partial charge on any atom is -0.361 e. The number of benzene rings is 1. The zero-order chi connectivity index (χ0) is 18.6. The van der Waals surface area contributed by atoms with Gasteiger partial charge in [-0.15, -0.1) is 0 Å². The summed E-state index contributed by atoms with van der Waals surface area (Å²) in [6.45, 7) is 4.31. The molecule has 0 radical (unpaired) electrons. The van der Waals surface area contributed by atoms with Crippen LogP contribution in [-0.2, 0) is 14.4 Å². The Hall–Kier alpha value is -2.37. The smallest absolute Gasteiger partial charge is 0.249 e. The van der Waals surface area contributed by atoms with Gasteiger partial charge in [0.1, 0.15) is 6.04 Å². The number of nitrogens with one attached hydrogen (secondary N) is 1. The second kappa shape index (κ2) is 8.14. The lowest BCUT2D eigenvalue weighted by atomic mass is 9.93. The number of carbonyl (C=O) groups is 3. The largest absolute Gasteiger partial charge is 0.361 e. The van der Waals surface area contributed by atoms with E-state index in [9.17, 15) is 14.4 Å². The first-order valence-corrected chi connectivity index (χ1v) is 8.81. The van der Waals surface area contributed by atoms with E-state index >= 15 is 0 Å². The normalized spacial score (nSPS) is 17.4. The Morgan fingerprint density at radius 2 is 1.88 bits per heavy atom. The lowest BCUT2D eigenvalue weighted by Crippen LogP contribution is -2.51. The van der Waals surface area contributed by atoms with Crippen LogP contribution in [0.2, 0.25) is 0 Å². The highest BCUT2D eigenvalue weighted by Crippen LogP contribution is 2.35. The molecule has 1 aromatic rings. The fourth-order valence-corrected chi connectivity index (χ4v) is 3.41. The predicted molar refractivity (Wildman–Crippen MR) is 98.8 cm³/mol. The Kier molecular flexibility index (Phi) is 6.17. The van der Waals surface area contributed by atoms with Gasteiger partial charge in [0.05, 0.1) is 11.4 Å². The van der Waals surface area contributed by atoms with Crippen molar-refractivity contribution in [1.82, 2.24) is 5.32 Å². The van der Waals surface area contributed by atoms with Crippen LogP contribution >= 0.6 is 0 Å². The molecule has 6 heteroatoms. The molecular formula is C19H27N3O3. The van der Waals surface area contributed by atoms with Gasteiger partial charge in [-0.05, 0) is 42.9 Å². The van der Waals surface area contributed by atoms with E-state index in [0.717, 1.165) is 30.6 Å². The molecule has 1 saturated heterocycles. The number of amides is 3. The average Bonchev–Trinajstić information content (AvgIpc) is 2.61. The number of likely N-dealkylation sites (N-methyl/N-ethyl adjacent to an activating group) is 1. The third kappa shape index (κ3) is 4.00. The Balaban J connectivity index is 2.40. The Morgan fingerprint density at radius 1 is 1.20 bits per heavy atom. The molecule has 2 rings (SSSR count). The first-order chi connectivity index (χ1) is 11.9. The molecule has 0 spiro atoms. The number of imide groups is 1. The van der Waals surface area contributed by atoms with Gasteiger partial charge in [-0.1, -0.05) is 19.9 Å². The fourth-order valence-electron chi connectivity index (χ4n) is 3.41. The molecule has 3 amide bonds. The molecule has 1 fully saturated rings. The van der Waals surface area contributed by atoms with Crippen LogP contribution in [0.5, 0.6) is 0 Å². The lowest BCUT2D eigenvalue weighted by Gasteiger charge is -2.34. The van der Waals surface area contributed by atoms with Crippen molar-refractivity contribution in [3.63, 3.8) is 0 Å². The van der Waals surface area contributed by atoms with E-state index in [2.05, 4.69) is 25.2 Å². The molecular weight excluding hydrogens is 318 g/mol. The summed E-state index contributed by atoms with van der Waals surface area (Å²) in [5.41, 5.74) is 2.76. The molecule has 1 aliphatic heterocycles. The number of hydrogen-bond acceptors (Lipinski definition) is 4. The summed E-state index contributed by atoms with van der Waals surface area (Å²) < 4.78 is 0. The van der Waals surface area contributed by atoms with Gasteiger partial charge in [-0.2, -0.15) is 0 Å². The molecule has 1 unspecified atom stereocenters. The molecule has 1 aliphatic rings. The zero-order valence-corrected chi connectivity index (χ0v) is 15.4. The molecule has 1 N–H and O–H groups in total. The predicted octanol–water partition coefficient (Wildman–Crippen LogP) is 2.42. The SMILES string of the molecule is CCC(CC)c1ccc(N(C)C2CCC(=O)NC2=O)c(N(C)C=O)c1. The van der Waals surface area contributed by atoms with Gasteiger partial charge in [0, 0.05) is 20.5 Å². The summed E-state index contributed by atoms with van der Waals surface area (Å²) in [6, 6.07) is 5.64. The molecule has 6 nitrogen and oxygen atoms in total. The van der Waals surface area contributed by atoms with E-state index in [-0.39, 0.29) is 11.8 Å². The van der Waals surface area contributed by atoms with Crippen molar-refractivity contribution in [2.24, 2.45) is 0 Å². The summed E-state index contributed by atoms with van der Waals surface area (Å²) in [5.74, 6) is -0.0831. The maximum absolute atomic E-state index is 12.2. The highest BCUT2D eigenvalue weighted by atomic mass is 16.2. The number of carbonyl (C=O) groups excluding carboxylic acids is 3. The monoisotopic (exact) mass is 345 g/mol. The van der Waals surface area contributed by atoms with Crippen LogP contribution in [0.4, 0.5) is 11.4 Å². The van der Waals surface area contributed by atoms with Crippen molar-refractivity contribution in [2.45, 2.75) is 51.5 Å². The first-order valence-electron chi connectivity index (χ1n) is 8.81. The van der Waals surface area contributed by atoms with Crippen LogP contribution < -0.4 is 15.1 Å². The van der Waals surface area contributed by atoms with E-state index in [1.807, 2.05) is 24.1 Å². The standard InChI is InChI=1S/C19H27N3O3/c1-5-13(6-2)14-7-8-15(17(11-14)21(3)12-23)22(4)16-9-10-18(24)20-19(16)25/h7-8,11-13,16H,5-6,9-10H2,1-4H3,(H,20,24,25). The van der Waals surface area contributed by atoms with Gasteiger partial charge >= 0.3 is 0 Å². The minimum absolute atomic E-state index is 0.232. The molecule has 136 valence electrons. The maximum Gasteiger partial charge on any atom is 0.249 e. The molecule has 1 atom stereocenters. The average molecular weight is 345 g/mol. The summed E-state index contributed by atoms with van der Waals surface area (Å²) in [7, 11) is 3.54. The number of piperidine rings is 1. The minimum atomic E-state index is -0.421. The van der Waals surface area contributed by atoms with Crippen molar-refractivity contribution in [3.8, 4) is 0 Å². The zero-order valence-electron chi connectivity index (χ0n) is 15.4. The number of rotatable bonds is 7. The summed E-state index contributed by atoms with van der Waals surface area (Å²) >= 11 is 0. The quantitative estimate of drug-likeness (QED) is 0.609. The van der Waals surface area contributed by atoms with E-state index < -0.39 is 6.04 Å². The number of anilines is 2. The van der Waals surface area contributed by atoms with E-state index in [1.165, 1.54) is 10.5 Å². The highest BCUT2D eigenvalue weighted by Gasteiger charge is 2.31. The third-order valence-corrected chi connectivity index (χ3v) is 5.05. The van der Waals surface area contributed by atoms with Gasteiger partial charge in [0.25, 0.3) is 0 Å². The molecule has 0 aromatic heterocycles. The first kappa shape index (κ1) is 19.0. The van der Waals surface area contributed by atoms with Crippen LogP contribution in [0, 0.1) is 0 Å². The number of nitrogens with zero attached hydrogens (tertiary/aromatic N) is 2. The molecule has 0 saturated carbocycles. The van der Waals surface area contributed by atoms with Crippen LogP contribution in [0.15, 0.2) is 18.2 Å². The molecule has 0 aliphatic carbocycles. The lowest BCUT2D eigenvalue weighted by molar-refractivity contribution is -0.134. The van der Waals surface area contributed by atoms with Gasteiger partial charge in [0.2, 0.25) is 18.2 Å². The Bertz CT molecular complexity index is 655. The van der Waals surface area contributed by atoms with Crippen molar-refractivity contribution < 1.29 is 14.4 Å². The van der Waals surface area contributed by atoms with Crippen LogP contribution in [-0.4, -0.2) is 38.4 Å². The van der Waals surface area contributed by atoms with Crippen LogP contribution in [0.3, 0.4) is 0 Å². The highest BCUT2D eigenvalue weighted by molar-refractivity contribution is 6.02. The molecule has 1 heterocycles. The van der Waals surface area contributed by atoms with Crippen molar-refractivity contribution >= 4 is 29.6 Å². The van der Waals surface area contributed by atoms with Crippen molar-refractivity contribution in [1.29, 1.82) is 0 Å². The third-order valence-electron chi connectivity index (χ3n) is 5.05. The Morgan fingerprint density at radius 3 is 2.44 bits per heavy atom. The van der Waals surface area contributed by atoms with Crippen molar-refractivity contribution in [3.05, 3.63) is 23.8 Å². The van der Waals surface area contributed by atoms with Gasteiger partial charge < -0.3 is 9.80 Å². The number of hydrogen-bond donors (Lipinski definition) is 1. The van der Waals surface area contributed by atoms with E-state index in [0.29, 0.717) is 18.8 Å². The second-order valence-corrected chi connectivity index (χ2v) is 6.56. The van der Waals surface area contributed by atoms with Crippen LogP contribution in [0.25, 0.3) is 0 Å². The van der Waals surface area contributed by atoms with E-state index in [1.54, 1.807) is 7.05 Å².